The highest BCUT2D eigenvalue weighted by molar-refractivity contribution is 7.20. The van der Waals surface area contributed by atoms with Gasteiger partial charge in [0, 0.05) is 38.4 Å². The number of para-hydroxylation sites is 1. The molecule has 3 nitrogen and oxygen atoms in total. The summed E-state index contributed by atoms with van der Waals surface area (Å²) in [7, 11) is 0. The van der Waals surface area contributed by atoms with Crippen LogP contribution in [0.5, 0.6) is 5.75 Å². The number of hydrogen-bond acceptors (Lipinski definition) is 2. The molecule has 0 aliphatic rings. The highest BCUT2D eigenvalue weighted by atomic mass is 19.4. The Kier molecular flexibility index (Phi) is 15.5. The maximum atomic E-state index is 14.2. The van der Waals surface area contributed by atoms with Crippen molar-refractivity contribution in [1.82, 2.24) is 0 Å². The van der Waals surface area contributed by atoms with Crippen LogP contribution >= 0.6 is 0 Å². The van der Waals surface area contributed by atoms with E-state index in [9.17, 15) is 111 Å². The van der Waals surface area contributed by atoms with Crippen LogP contribution in [0.3, 0.4) is 0 Å². The molecule has 0 spiro atoms. The smallest absolute Gasteiger partial charge is 0.230 e. The van der Waals surface area contributed by atoms with Crippen molar-refractivity contribution in [2.75, 3.05) is 0 Å². The van der Waals surface area contributed by atoms with Crippen LogP contribution < -0.4 is 31.4 Å². The van der Waals surface area contributed by atoms with Crippen LogP contribution in [0.2, 0.25) is 0 Å². The molecule has 84 heavy (non-hydrogen) atoms. The predicted molar refractivity (Wildman–Crippen MR) is 256 cm³/mol. The Labute approximate surface area is 455 Å². The summed E-state index contributed by atoms with van der Waals surface area (Å²) < 4.78 is 343. The van der Waals surface area contributed by atoms with E-state index in [1.54, 1.807) is 4.73 Å². The maximum Gasteiger partial charge on any atom is 0.416 e. The molecule has 0 aliphatic heterocycles. The van der Waals surface area contributed by atoms with Gasteiger partial charge in [-0.2, -0.15) is 132 Å². The van der Waals surface area contributed by atoms with Crippen molar-refractivity contribution in [2.24, 2.45) is 0 Å². The lowest BCUT2D eigenvalue weighted by molar-refractivity contribution is -0.853. The van der Waals surface area contributed by atoms with E-state index in [1.807, 2.05) is 79.0 Å². The predicted octanol–water partition coefficient (Wildman–Crippen LogP) is 16.4. The van der Waals surface area contributed by atoms with Gasteiger partial charge in [0.25, 0.3) is 5.52 Å². The summed E-state index contributed by atoms with van der Waals surface area (Å²) in [6.45, 7) is 0. The Morgan fingerprint density at radius 1 is 0.321 bits per heavy atom. The van der Waals surface area contributed by atoms with Crippen molar-refractivity contribution in [3.8, 4) is 11.8 Å². The largest absolute Gasteiger partial charge is 0.416 e. The van der Waals surface area contributed by atoms with Gasteiger partial charge in [0.15, 0.2) is 0 Å². The Balaban J connectivity index is 0.000000280. The van der Waals surface area contributed by atoms with Crippen molar-refractivity contribution in [3.63, 3.8) is 0 Å². The van der Waals surface area contributed by atoms with Gasteiger partial charge in [-0.3, -0.25) is 0 Å². The summed E-state index contributed by atoms with van der Waals surface area (Å²) in [5.74, 6) is 0.751. The fourth-order valence-electron chi connectivity index (χ4n) is 9.69. The van der Waals surface area contributed by atoms with E-state index in [2.05, 4.69) is 18.2 Å². The van der Waals surface area contributed by atoms with Gasteiger partial charge in [0.2, 0.25) is 11.9 Å². The van der Waals surface area contributed by atoms with E-state index in [0.717, 1.165) is 38.2 Å². The van der Waals surface area contributed by atoms with E-state index in [4.69, 9.17) is 4.84 Å². The molecule has 0 amide bonds. The van der Waals surface area contributed by atoms with E-state index in [-0.39, 0.29) is 0 Å². The Hall–Kier alpha value is -8.64. The fourth-order valence-corrected chi connectivity index (χ4v) is 9.69. The minimum atomic E-state index is -6.13. The van der Waals surface area contributed by atoms with Gasteiger partial charge in [-0.1, -0.05) is 109 Å². The van der Waals surface area contributed by atoms with Crippen molar-refractivity contribution in [1.29, 1.82) is 5.26 Å². The van der Waals surface area contributed by atoms with Crippen LogP contribution in [-0.4, -0.2) is 6.15 Å². The lowest BCUT2D eigenvalue weighted by Gasteiger charge is -2.46. The number of rotatable bonds is 6. The summed E-state index contributed by atoms with van der Waals surface area (Å²) in [6, 6.07) is 21.5. The molecule has 0 fully saturated rings. The first-order valence-corrected chi connectivity index (χ1v) is 23.4. The zero-order valence-corrected chi connectivity index (χ0v) is 41.0. The molecule has 8 aromatic carbocycles. The molecular weight excluding hydrogens is 1180 g/mol. The van der Waals surface area contributed by atoms with E-state index in [1.165, 1.54) is 0 Å². The molecule has 0 saturated heterocycles. The minimum absolute atomic E-state index is 0.677. The molecule has 1 heterocycles. The fraction of sp³-hybridized carbons (Fsp3) is 0.143. The summed E-state index contributed by atoms with van der Waals surface area (Å²) in [5, 5.41) is 14.5. The third kappa shape index (κ3) is 12.4. The van der Waals surface area contributed by atoms with E-state index in [0.29, 0.717) is 5.56 Å². The number of benzene rings is 8. The Bertz CT molecular complexity index is 3530. The molecule has 0 aliphatic carbocycles. The topological polar surface area (TPSA) is 36.9 Å². The molecule has 28 heteroatoms. The first kappa shape index (κ1) is 61.4. The second-order valence-corrected chi connectivity index (χ2v) is 18.6. The van der Waals surface area contributed by atoms with Crippen LogP contribution in [0.15, 0.2) is 164 Å². The third-order valence-electron chi connectivity index (χ3n) is 13.3. The van der Waals surface area contributed by atoms with Gasteiger partial charge < -0.3 is 0 Å². The van der Waals surface area contributed by atoms with E-state index < -0.39 is 195 Å². The van der Waals surface area contributed by atoms with Gasteiger partial charge in [-0.25, -0.2) is 4.84 Å². The molecule has 0 unspecified atom stereocenters. The molecule has 0 saturated carbocycles. The highest BCUT2D eigenvalue weighted by Gasteiger charge is 2.47. The number of alkyl halides is 24. The average molecular weight is 1210 g/mol. The Morgan fingerprint density at radius 3 is 0.845 bits per heavy atom. The van der Waals surface area contributed by atoms with Crippen LogP contribution in [0.25, 0.3) is 32.4 Å². The molecular formula is C56H27BF24N2O. The normalized spacial score (nSPS) is 13.2. The quantitative estimate of drug-likeness (QED) is 0.0720. The van der Waals surface area contributed by atoms with Crippen molar-refractivity contribution >= 4 is 60.4 Å². The lowest BCUT2D eigenvalue weighted by atomic mass is 9.12. The van der Waals surface area contributed by atoms with Gasteiger partial charge >= 0.3 is 49.4 Å². The number of fused-ring (bicyclic) bond motifs is 3. The first-order valence-electron chi connectivity index (χ1n) is 23.4. The summed E-state index contributed by atoms with van der Waals surface area (Å²) in [5.41, 5.74) is -28.5. The zero-order valence-electron chi connectivity index (χ0n) is 41.0. The molecule has 0 atom stereocenters. The van der Waals surface area contributed by atoms with Crippen molar-refractivity contribution < 1.29 is 115 Å². The summed E-state index contributed by atoms with van der Waals surface area (Å²) in [6.07, 6.45) is -52.9. The lowest BCUT2D eigenvalue weighted by Crippen LogP contribution is -2.75. The maximum absolute atomic E-state index is 14.2. The average Bonchev–Trinajstić information content (AvgIpc) is 0.778. The van der Waals surface area contributed by atoms with Gasteiger partial charge in [-0.05, 0) is 36.4 Å². The number of pyridine rings is 1. The van der Waals surface area contributed by atoms with Crippen LogP contribution in [0.4, 0.5) is 105 Å². The van der Waals surface area contributed by atoms with E-state index >= 15 is 0 Å². The molecule has 9 aromatic rings. The number of nitrogens with zero attached hydrogens (tertiary/aromatic N) is 2. The minimum Gasteiger partial charge on any atom is -0.230 e. The van der Waals surface area contributed by atoms with Crippen LogP contribution in [0, 0.1) is 11.3 Å². The molecule has 0 bridgehead atoms. The van der Waals surface area contributed by atoms with Crippen LogP contribution in [-0.2, 0) is 49.4 Å². The Morgan fingerprint density at radius 2 is 0.571 bits per heavy atom. The summed E-state index contributed by atoms with van der Waals surface area (Å²) >= 11 is 0. The van der Waals surface area contributed by atoms with Crippen molar-refractivity contribution in [3.05, 3.63) is 214 Å². The highest BCUT2D eigenvalue weighted by Crippen LogP contribution is 2.43. The molecule has 438 valence electrons. The summed E-state index contributed by atoms with van der Waals surface area (Å²) in [4.78, 5) is 6.42. The van der Waals surface area contributed by atoms with Gasteiger partial charge in [-0.15, -0.1) is 0 Å². The number of hydrogen-bond donors (Lipinski definition) is 0. The first-order chi connectivity index (χ1) is 38.6. The second kappa shape index (κ2) is 21.2. The molecule has 0 radical (unpaired) electrons. The molecule has 1 aromatic heterocycles. The standard InChI is InChI=1S/C32H12BF24.C24H15N2O/c34-25(35,36)13-1-14(26(37,38)39)6-21(5-13)33(22-7-15(27(40,41)42)2-16(8-22)28(43,44)45,23-9-17(29(46,47)48)3-18(10-23)30(49,50)51)24-11-19(31(52,53)54)4-20(12-24)32(55,56)57;25-16-22-18-10-2-4-12-20(18)24(21-13-5-3-11-19(21)22)27-26-15-7-9-17-8-1-6-14-23(17)26/h1-12H;1-15H/q-1;+1. The second-order valence-electron chi connectivity index (χ2n) is 18.6. The SMILES string of the molecule is FC(F)(F)c1cc([B-](c2cc(C(F)(F)F)cc(C(F)(F)F)c2)(c2cc(C(F)(F)F)cc(C(F)(F)F)c2)c2cc(C(F)(F)F)cc(C(F)(F)F)c2)cc(C(F)(F)F)c1.N#Cc1c2ccccc2c(O[n+]2cccc3ccccc32)c2ccccc12. The van der Waals surface area contributed by atoms with Gasteiger partial charge in [0.05, 0.1) is 55.5 Å². The number of nitriles is 1. The zero-order chi connectivity index (χ0) is 62.1. The molecule has 9 rings (SSSR count). The monoisotopic (exact) mass is 1210 g/mol. The third-order valence-corrected chi connectivity index (χ3v) is 13.3. The van der Waals surface area contributed by atoms with Gasteiger partial charge in [0.1, 0.15) is 12.2 Å². The number of halogens is 24. The molecule has 0 N–H and O–H groups in total. The van der Waals surface area contributed by atoms with Crippen molar-refractivity contribution in [2.45, 2.75) is 49.4 Å². The van der Waals surface area contributed by atoms with Crippen LogP contribution in [0.1, 0.15) is 50.1 Å². The number of aromatic nitrogens is 1.